The lowest BCUT2D eigenvalue weighted by Gasteiger charge is -2.06. The Labute approximate surface area is 76.7 Å². The minimum atomic E-state index is -0.518. The molecule has 2 N–H and O–H groups in total. The molecule has 1 aromatic heterocycles. The van der Waals surface area contributed by atoms with E-state index in [1.54, 1.807) is 12.1 Å². The highest BCUT2D eigenvalue weighted by Gasteiger charge is 2.09. The first kappa shape index (κ1) is 9.51. The van der Waals surface area contributed by atoms with Crippen LogP contribution in [0.4, 0.5) is 0 Å². The van der Waals surface area contributed by atoms with Crippen LogP contribution in [0.2, 0.25) is 0 Å². The average Bonchev–Trinajstić information content (AvgIpc) is 2.04. The Balaban J connectivity index is 3.10. The highest BCUT2D eigenvalue weighted by Crippen LogP contribution is 2.14. The second-order valence-electron chi connectivity index (χ2n) is 2.60. The molecule has 1 rings (SSSR count). The van der Waals surface area contributed by atoms with Crippen molar-refractivity contribution in [3.8, 4) is 5.88 Å². The van der Waals surface area contributed by atoms with Gasteiger partial charge in [0, 0.05) is 5.69 Å². The molecule has 0 spiro atoms. The number of aromatic nitrogens is 1. The van der Waals surface area contributed by atoms with Gasteiger partial charge >= 0.3 is 0 Å². The van der Waals surface area contributed by atoms with Crippen LogP contribution in [0, 0.1) is 6.92 Å². The number of nitrogens with two attached hydrogens (primary N) is 1. The predicted molar refractivity (Wildman–Crippen MR) is 48.7 cm³/mol. The minimum absolute atomic E-state index is 0.315. The van der Waals surface area contributed by atoms with E-state index in [4.69, 9.17) is 10.5 Å². The Bertz CT molecular complexity index is 323. The predicted octanol–water partition coefficient (Wildman–Crippen LogP) is 0.888. The van der Waals surface area contributed by atoms with Crippen molar-refractivity contribution in [1.29, 1.82) is 0 Å². The fraction of sp³-hybridized carbons (Fsp3) is 0.333. The number of amides is 1. The van der Waals surface area contributed by atoms with Crippen molar-refractivity contribution in [1.82, 2.24) is 4.98 Å². The number of pyridine rings is 1. The van der Waals surface area contributed by atoms with E-state index in [0.29, 0.717) is 18.1 Å². The largest absolute Gasteiger partial charge is 0.477 e. The Morgan fingerprint density at radius 3 is 2.85 bits per heavy atom. The third-order valence-corrected chi connectivity index (χ3v) is 1.55. The van der Waals surface area contributed by atoms with Crippen LogP contribution in [0.25, 0.3) is 0 Å². The molecule has 70 valence electrons. The Kier molecular flexibility index (Phi) is 2.84. The van der Waals surface area contributed by atoms with Crippen LogP contribution in [0.5, 0.6) is 5.88 Å². The number of hydrogen-bond donors (Lipinski definition) is 1. The van der Waals surface area contributed by atoms with Crippen molar-refractivity contribution >= 4 is 5.91 Å². The van der Waals surface area contributed by atoms with E-state index < -0.39 is 5.91 Å². The van der Waals surface area contributed by atoms with Gasteiger partial charge in [-0.25, -0.2) is 4.98 Å². The summed E-state index contributed by atoms with van der Waals surface area (Å²) in [5, 5.41) is 0. The molecule has 0 aromatic carbocycles. The van der Waals surface area contributed by atoms with Gasteiger partial charge in [-0.2, -0.15) is 0 Å². The van der Waals surface area contributed by atoms with E-state index in [1.807, 2.05) is 13.8 Å². The van der Waals surface area contributed by atoms with Gasteiger partial charge in [0.1, 0.15) is 5.56 Å². The number of rotatable bonds is 3. The normalized spacial score (nSPS) is 9.69. The summed E-state index contributed by atoms with van der Waals surface area (Å²) in [6.07, 6.45) is 0. The monoisotopic (exact) mass is 180 g/mol. The summed E-state index contributed by atoms with van der Waals surface area (Å²) < 4.78 is 5.17. The highest BCUT2D eigenvalue weighted by atomic mass is 16.5. The summed E-state index contributed by atoms with van der Waals surface area (Å²) in [5.74, 6) is -0.203. The van der Waals surface area contributed by atoms with Crippen molar-refractivity contribution in [2.45, 2.75) is 13.8 Å². The Morgan fingerprint density at radius 2 is 2.31 bits per heavy atom. The summed E-state index contributed by atoms with van der Waals surface area (Å²) in [6.45, 7) is 4.12. The highest BCUT2D eigenvalue weighted by molar-refractivity contribution is 5.95. The molecule has 1 amide bonds. The molecule has 0 bridgehead atoms. The lowest BCUT2D eigenvalue weighted by Crippen LogP contribution is -2.14. The topological polar surface area (TPSA) is 65.2 Å². The molecule has 0 saturated heterocycles. The van der Waals surface area contributed by atoms with Crippen molar-refractivity contribution < 1.29 is 9.53 Å². The Hall–Kier alpha value is -1.58. The summed E-state index contributed by atoms with van der Waals surface area (Å²) in [6, 6.07) is 3.35. The number of nitrogens with zero attached hydrogens (tertiary/aromatic N) is 1. The number of aryl methyl sites for hydroxylation is 1. The van der Waals surface area contributed by atoms with E-state index in [-0.39, 0.29) is 0 Å². The molecule has 0 atom stereocenters. The number of ether oxygens (including phenoxy) is 1. The van der Waals surface area contributed by atoms with E-state index >= 15 is 0 Å². The summed E-state index contributed by atoms with van der Waals surface area (Å²) in [7, 11) is 0. The molecule has 0 radical (unpaired) electrons. The third kappa shape index (κ3) is 2.18. The van der Waals surface area contributed by atoms with Crippen molar-refractivity contribution in [3.63, 3.8) is 0 Å². The Morgan fingerprint density at radius 1 is 1.62 bits per heavy atom. The first-order chi connectivity index (χ1) is 6.15. The van der Waals surface area contributed by atoms with Crippen LogP contribution >= 0.6 is 0 Å². The summed E-state index contributed by atoms with van der Waals surface area (Å²) in [4.78, 5) is 15.0. The summed E-state index contributed by atoms with van der Waals surface area (Å²) in [5.41, 5.74) is 6.26. The molecule has 4 nitrogen and oxygen atoms in total. The molecule has 0 unspecified atom stereocenters. The zero-order valence-corrected chi connectivity index (χ0v) is 7.70. The molecule has 1 aromatic rings. The second kappa shape index (κ2) is 3.89. The van der Waals surface area contributed by atoms with Gasteiger partial charge in [0.25, 0.3) is 5.91 Å². The SMILES string of the molecule is CCOc1nc(C)ccc1C(N)=O. The van der Waals surface area contributed by atoms with Crippen molar-refractivity contribution in [2.75, 3.05) is 6.61 Å². The van der Waals surface area contributed by atoms with Gasteiger partial charge in [0.05, 0.1) is 6.61 Å². The number of primary amides is 1. The van der Waals surface area contributed by atoms with Crippen LogP contribution in [0.3, 0.4) is 0 Å². The van der Waals surface area contributed by atoms with Gasteiger partial charge in [-0.1, -0.05) is 0 Å². The second-order valence-corrected chi connectivity index (χ2v) is 2.60. The lowest BCUT2D eigenvalue weighted by molar-refractivity contribution is 0.0996. The molecule has 4 heteroatoms. The van der Waals surface area contributed by atoms with Gasteiger partial charge in [-0.3, -0.25) is 4.79 Å². The van der Waals surface area contributed by atoms with Gasteiger partial charge in [-0.05, 0) is 26.0 Å². The zero-order chi connectivity index (χ0) is 9.84. The fourth-order valence-electron chi connectivity index (χ4n) is 0.967. The number of carbonyl (C=O) groups is 1. The van der Waals surface area contributed by atoms with Crippen LogP contribution in [-0.4, -0.2) is 17.5 Å². The number of hydrogen-bond acceptors (Lipinski definition) is 3. The maximum Gasteiger partial charge on any atom is 0.254 e. The molecule has 0 saturated carbocycles. The van der Waals surface area contributed by atoms with E-state index in [1.165, 1.54) is 0 Å². The molecular weight excluding hydrogens is 168 g/mol. The average molecular weight is 180 g/mol. The number of carbonyl (C=O) groups excluding carboxylic acids is 1. The van der Waals surface area contributed by atoms with Crippen LogP contribution in [0.15, 0.2) is 12.1 Å². The van der Waals surface area contributed by atoms with Crippen molar-refractivity contribution in [3.05, 3.63) is 23.4 Å². The molecule has 0 aliphatic rings. The standard InChI is InChI=1S/C9H12N2O2/c1-3-13-9-7(8(10)12)5-4-6(2)11-9/h4-5H,3H2,1-2H3,(H2,10,12). The molecule has 0 aliphatic carbocycles. The molecule has 13 heavy (non-hydrogen) atoms. The van der Waals surface area contributed by atoms with Crippen LogP contribution < -0.4 is 10.5 Å². The maximum absolute atomic E-state index is 10.9. The molecule has 0 aliphatic heterocycles. The van der Waals surface area contributed by atoms with E-state index in [9.17, 15) is 4.79 Å². The van der Waals surface area contributed by atoms with Crippen LogP contribution in [-0.2, 0) is 0 Å². The third-order valence-electron chi connectivity index (χ3n) is 1.55. The first-order valence-corrected chi connectivity index (χ1v) is 4.05. The van der Waals surface area contributed by atoms with Gasteiger partial charge in [0.2, 0.25) is 5.88 Å². The lowest BCUT2D eigenvalue weighted by atomic mass is 10.2. The van der Waals surface area contributed by atoms with Gasteiger partial charge in [-0.15, -0.1) is 0 Å². The van der Waals surface area contributed by atoms with E-state index in [2.05, 4.69) is 4.98 Å². The zero-order valence-electron chi connectivity index (χ0n) is 7.70. The summed E-state index contributed by atoms with van der Waals surface area (Å²) >= 11 is 0. The first-order valence-electron chi connectivity index (χ1n) is 4.05. The van der Waals surface area contributed by atoms with Crippen molar-refractivity contribution in [2.24, 2.45) is 5.73 Å². The van der Waals surface area contributed by atoms with Gasteiger partial charge < -0.3 is 10.5 Å². The molecular formula is C9H12N2O2. The fourth-order valence-corrected chi connectivity index (χ4v) is 0.967. The quantitative estimate of drug-likeness (QED) is 0.751. The van der Waals surface area contributed by atoms with Gasteiger partial charge in [0.15, 0.2) is 0 Å². The van der Waals surface area contributed by atoms with E-state index in [0.717, 1.165) is 5.69 Å². The molecule has 0 fully saturated rings. The van der Waals surface area contributed by atoms with Crippen LogP contribution in [0.1, 0.15) is 23.0 Å². The molecule has 1 heterocycles. The minimum Gasteiger partial charge on any atom is -0.477 e. The smallest absolute Gasteiger partial charge is 0.254 e. The maximum atomic E-state index is 10.9.